The van der Waals surface area contributed by atoms with Crippen molar-refractivity contribution in [1.82, 2.24) is 0 Å². The molecule has 0 bridgehead atoms. The van der Waals surface area contributed by atoms with E-state index in [1.54, 1.807) is 0 Å². The third-order valence-corrected chi connectivity index (χ3v) is 2.09. The third-order valence-electron chi connectivity index (χ3n) is 1.24. The van der Waals surface area contributed by atoms with Crippen molar-refractivity contribution in [2.24, 2.45) is 5.41 Å². The van der Waals surface area contributed by atoms with Gasteiger partial charge in [0.1, 0.15) is 0 Å². The van der Waals surface area contributed by atoms with Crippen molar-refractivity contribution in [3.8, 4) is 0 Å². The van der Waals surface area contributed by atoms with Gasteiger partial charge in [0.2, 0.25) is 0 Å². The van der Waals surface area contributed by atoms with E-state index in [1.165, 1.54) is 0 Å². The molecule has 0 saturated carbocycles. The van der Waals surface area contributed by atoms with E-state index in [4.69, 9.17) is 4.74 Å². The van der Waals surface area contributed by atoms with Crippen molar-refractivity contribution in [1.29, 1.82) is 0 Å². The van der Waals surface area contributed by atoms with E-state index in [0.29, 0.717) is 6.10 Å². The molecule has 0 fully saturated rings. The minimum absolute atomic E-state index is 0.216. The molecular formula is C8H18OS. The molecule has 0 atom stereocenters. The van der Waals surface area contributed by atoms with Gasteiger partial charge >= 0.3 is 0 Å². The first-order valence-corrected chi connectivity index (χ1v) is 4.33. The molecule has 0 aromatic rings. The molecule has 0 aromatic carbocycles. The van der Waals surface area contributed by atoms with Gasteiger partial charge in [0.05, 0.1) is 12.7 Å². The Kier molecular flexibility index (Phi) is 4.37. The van der Waals surface area contributed by atoms with Crippen molar-refractivity contribution in [2.45, 2.75) is 33.8 Å². The Morgan fingerprint density at radius 2 is 1.90 bits per heavy atom. The van der Waals surface area contributed by atoms with Crippen LogP contribution in [-0.4, -0.2) is 18.5 Å². The van der Waals surface area contributed by atoms with Crippen molar-refractivity contribution < 1.29 is 4.74 Å². The van der Waals surface area contributed by atoms with Gasteiger partial charge in [-0.25, -0.2) is 0 Å². The SMILES string of the molecule is CC(C)OCC(C)(C)CS. The van der Waals surface area contributed by atoms with Crippen molar-refractivity contribution in [3.63, 3.8) is 0 Å². The molecule has 0 amide bonds. The molecule has 0 radical (unpaired) electrons. The average Bonchev–Trinajstić information content (AvgIpc) is 1.85. The zero-order valence-corrected chi connectivity index (χ0v) is 8.24. The molecule has 62 valence electrons. The molecule has 0 spiro atoms. The first kappa shape index (κ1) is 10.3. The van der Waals surface area contributed by atoms with Gasteiger partial charge in [-0.15, -0.1) is 0 Å². The number of thiol groups is 1. The molecule has 0 unspecified atom stereocenters. The number of ether oxygens (including phenoxy) is 1. The summed E-state index contributed by atoms with van der Waals surface area (Å²) in [5, 5.41) is 0. The fourth-order valence-corrected chi connectivity index (χ4v) is 0.529. The van der Waals surface area contributed by atoms with Gasteiger partial charge in [0.15, 0.2) is 0 Å². The summed E-state index contributed by atoms with van der Waals surface area (Å²) in [6.07, 6.45) is 0.333. The standard InChI is InChI=1S/C8H18OS/c1-7(2)9-5-8(3,4)6-10/h7,10H,5-6H2,1-4H3. The summed E-state index contributed by atoms with van der Waals surface area (Å²) < 4.78 is 5.45. The summed E-state index contributed by atoms with van der Waals surface area (Å²) in [6, 6.07) is 0. The van der Waals surface area contributed by atoms with Crippen LogP contribution in [0.25, 0.3) is 0 Å². The molecule has 0 aliphatic heterocycles. The van der Waals surface area contributed by atoms with Crippen molar-refractivity contribution in [3.05, 3.63) is 0 Å². The number of rotatable bonds is 4. The minimum atomic E-state index is 0.216. The Morgan fingerprint density at radius 3 is 2.20 bits per heavy atom. The van der Waals surface area contributed by atoms with E-state index < -0.39 is 0 Å². The van der Waals surface area contributed by atoms with Crippen molar-refractivity contribution >= 4 is 12.6 Å². The molecule has 0 N–H and O–H groups in total. The molecule has 0 aromatic heterocycles. The maximum atomic E-state index is 5.45. The summed E-state index contributed by atoms with van der Waals surface area (Å²) in [7, 11) is 0. The lowest BCUT2D eigenvalue weighted by Crippen LogP contribution is -2.23. The predicted octanol–water partition coefficient (Wildman–Crippen LogP) is 2.37. The first-order chi connectivity index (χ1) is 4.48. The Balaban J connectivity index is 3.46. The highest BCUT2D eigenvalue weighted by Crippen LogP contribution is 2.17. The van der Waals surface area contributed by atoms with E-state index in [0.717, 1.165) is 12.4 Å². The van der Waals surface area contributed by atoms with Crippen LogP contribution in [0.5, 0.6) is 0 Å². The van der Waals surface area contributed by atoms with E-state index in [1.807, 2.05) is 0 Å². The topological polar surface area (TPSA) is 9.23 Å². The smallest absolute Gasteiger partial charge is 0.0528 e. The second-order valence-corrected chi connectivity index (χ2v) is 4.00. The first-order valence-electron chi connectivity index (χ1n) is 3.70. The van der Waals surface area contributed by atoms with Gasteiger partial charge in [-0.1, -0.05) is 13.8 Å². The van der Waals surface area contributed by atoms with Crippen LogP contribution >= 0.6 is 12.6 Å². The predicted molar refractivity (Wildman–Crippen MR) is 48.7 cm³/mol. The highest BCUT2D eigenvalue weighted by atomic mass is 32.1. The van der Waals surface area contributed by atoms with Crippen LogP contribution in [0, 0.1) is 5.41 Å². The molecule has 0 saturated heterocycles. The van der Waals surface area contributed by atoms with Gasteiger partial charge in [0, 0.05) is 0 Å². The molecular weight excluding hydrogens is 144 g/mol. The van der Waals surface area contributed by atoms with Crippen LogP contribution in [0.2, 0.25) is 0 Å². The zero-order chi connectivity index (χ0) is 8.20. The van der Waals surface area contributed by atoms with Crippen LogP contribution in [0.3, 0.4) is 0 Å². The van der Waals surface area contributed by atoms with Crippen LogP contribution in [0.4, 0.5) is 0 Å². The van der Waals surface area contributed by atoms with Gasteiger partial charge in [-0.2, -0.15) is 12.6 Å². The van der Waals surface area contributed by atoms with Gasteiger partial charge in [-0.3, -0.25) is 0 Å². The summed E-state index contributed by atoms with van der Waals surface area (Å²) in [5.41, 5.74) is 0.216. The highest BCUT2D eigenvalue weighted by molar-refractivity contribution is 7.80. The van der Waals surface area contributed by atoms with E-state index in [-0.39, 0.29) is 5.41 Å². The number of hydrogen-bond acceptors (Lipinski definition) is 2. The van der Waals surface area contributed by atoms with Crippen LogP contribution in [-0.2, 0) is 4.74 Å². The van der Waals surface area contributed by atoms with Gasteiger partial charge < -0.3 is 4.74 Å². The third kappa shape index (κ3) is 5.12. The van der Waals surface area contributed by atoms with E-state index in [2.05, 4.69) is 40.3 Å². The fourth-order valence-electron chi connectivity index (χ4n) is 0.438. The maximum Gasteiger partial charge on any atom is 0.0528 e. The molecule has 0 aliphatic rings. The molecule has 2 heteroatoms. The Morgan fingerprint density at radius 1 is 1.40 bits per heavy atom. The maximum absolute atomic E-state index is 5.45. The Bertz CT molecular complexity index is 89.3. The lowest BCUT2D eigenvalue weighted by molar-refractivity contribution is 0.0303. The van der Waals surface area contributed by atoms with E-state index in [9.17, 15) is 0 Å². The van der Waals surface area contributed by atoms with E-state index >= 15 is 0 Å². The molecule has 10 heavy (non-hydrogen) atoms. The Labute approximate surface area is 69.6 Å². The van der Waals surface area contributed by atoms with Gasteiger partial charge in [-0.05, 0) is 25.0 Å². The largest absolute Gasteiger partial charge is 0.378 e. The molecule has 0 heterocycles. The second kappa shape index (κ2) is 4.24. The molecule has 0 rings (SSSR count). The summed E-state index contributed by atoms with van der Waals surface area (Å²) in [5.74, 6) is 0.875. The van der Waals surface area contributed by atoms with Crippen LogP contribution in [0.1, 0.15) is 27.7 Å². The lowest BCUT2D eigenvalue weighted by atomic mass is 9.98. The Hall–Kier alpha value is 0.310. The monoisotopic (exact) mass is 162 g/mol. The van der Waals surface area contributed by atoms with Crippen LogP contribution in [0.15, 0.2) is 0 Å². The number of hydrogen-bond donors (Lipinski definition) is 1. The average molecular weight is 162 g/mol. The summed E-state index contributed by atoms with van der Waals surface area (Å²) in [6.45, 7) is 9.21. The quantitative estimate of drug-likeness (QED) is 0.624. The molecule has 0 aliphatic carbocycles. The lowest BCUT2D eigenvalue weighted by Gasteiger charge is -2.22. The zero-order valence-electron chi connectivity index (χ0n) is 7.35. The van der Waals surface area contributed by atoms with Crippen molar-refractivity contribution in [2.75, 3.05) is 12.4 Å². The molecule has 1 nitrogen and oxygen atoms in total. The minimum Gasteiger partial charge on any atom is -0.378 e. The summed E-state index contributed by atoms with van der Waals surface area (Å²) >= 11 is 4.22. The summed E-state index contributed by atoms with van der Waals surface area (Å²) in [4.78, 5) is 0. The normalized spacial score (nSPS) is 12.6. The van der Waals surface area contributed by atoms with Gasteiger partial charge in [0.25, 0.3) is 0 Å². The fraction of sp³-hybridized carbons (Fsp3) is 1.00. The van der Waals surface area contributed by atoms with Crippen LogP contribution < -0.4 is 0 Å². The highest BCUT2D eigenvalue weighted by Gasteiger charge is 2.15. The second-order valence-electron chi connectivity index (χ2n) is 3.68.